The number of pyridine rings is 1. The SMILES string of the molecule is CC1=C(C=C2C(=O)Nc3ccc(F)cc32)NC(C)(C)C1C(=O)NC1CC[NH+](Cc2ccncc2)C1=O. The number of halogens is 1. The number of carbonyl (C=O) groups is 3. The van der Waals surface area contributed by atoms with E-state index in [1.165, 1.54) is 18.2 Å². The maximum atomic E-state index is 13.8. The van der Waals surface area contributed by atoms with Crippen molar-refractivity contribution in [1.82, 2.24) is 15.6 Å². The lowest BCUT2D eigenvalue weighted by Crippen LogP contribution is -3.12. The maximum Gasteiger partial charge on any atom is 0.335 e. The van der Waals surface area contributed by atoms with Gasteiger partial charge in [-0.3, -0.25) is 19.5 Å². The monoisotopic (exact) mass is 490 g/mol. The first-order valence-electron chi connectivity index (χ1n) is 12.0. The van der Waals surface area contributed by atoms with E-state index in [1.807, 2.05) is 32.9 Å². The van der Waals surface area contributed by atoms with Crippen LogP contribution >= 0.6 is 0 Å². The Hall–Kier alpha value is -3.85. The van der Waals surface area contributed by atoms with Crippen LogP contribution < -0.4 is 20.9 Å². The largest absolute Gasteiger partial charge is 0.379 e. The minimum atomic E-state index is -0.647. The molecule has 3 unspecified atom stereocenters. The second kappa shape index (κ2) is 8.98. The molecule has 4 heterocycles. The molecule has 186 valence electrons. The second-order valence-electron chi connectivity index (χ2n) is 10.2. The predicted molar refractivity (Wildman–Crippen MR) is 132 cm³/mol. The fourth-order valence-corrected chi connectivity index (χ4v) is 5.47. The highest BCUT2D eigenvalue weighted by atomic mass is 19.1. The zero-order chi connectivity index (χ0) is 25.6. The summed E-state index contributed by atoms with van der Waals surface area (Å²) in [6, 6.07) is 7.39. The number of nitrogens with zero attached hydrogens (tertiary/aromatic N) is 1. The van der Waals surface area contributed by atoms with E-state index in [4.69, 9.17) is 0 Å². The van der Waals surface area contributed by atoms with Gasteiger partial charge in [0, 0.05) is 46.9 Å². The summed E-state index contributed by atoms with van der Waals surface area (Å²) in [6.07, 6.45) is 5.66. The summed E-state index contributed by atoms with van der Waals surface area (Å²) in [5, 5.41) is 9.07. The number of allylic oxidation sites excluding steroid dienone is 1. The number of anilines is 1. The van der Waals surface area contributed by atoms with E-state index in [0.29, 0.717) is 42.0 Å². The number of benzene rings is 1. The summed E-state index contributed by atoms with van der Waals surface area (Å²) in [7, 11) is 0. The number of fused-ring (bicyclic) bond motifs is 1. The highest BCUT2D eigenvalue weighted by Gasteiger charge is 2.46. The summed E-state index contributed by atoms with van der Waals surface area (Å²) in [5.41, 5.74) is 3.16. The van der Waals surface area contributed by atoms with Crippen LogP contribution in [0.3, 0.4) is 0 Å². The van der Waals surface area contributed by atoms with E-state index in [0.717, 1.165) is 16.0 Å². The van der Waals surface area contributed by atoms with Crippen LogP contribution in [-0.2, 0) is 20.9 Å². The second-order valence-corrected chi connectivity index (χ2v) is 10.2. The van der Waals surface area contributed by atoms with Gasteiger partial charge in [-0.2, -0.15) is 0 Å². The van der Waals surface area contributed by atoms with Crippen LogP contribution in [0.5, 0.6) is 0 Å². The molecule has 3 amide bonds. The van der Waals surface area contributed by atoms with Crippen molar-refractivity contribution in [2.24, 2.45) is 5.92 Å². The molecule has 0 saturated carbocycles. The number of amides is 3. The average molecular weight is 491 g/mol. The fraction of sp³-hybridized carbons (Fsp3) is 0.333. The van der Waals surface area contributed by atoms with Gasteiger partial charge in [-0.1, -0.05) is 0 Å². The van der Waals surface area contributed by atoms with E-state index < -0.39 is 23.3 Å². The van der Waals surface area contributed by atoms with Gasteiger partial charge in [-0.05, 0) is 62.8 Å². The lowest BCUT2D eigenvalue weighted by atomic mass is 9.84. The van der Waals surface area contributed by atoms with E-state index in [1.54, 1.807) is 18.5 Å². The standard InChI is InChI=1S/C27H28FN5O3/c1-15-22(13-19-18-12-17(28)4-5-20(18)30-24(19)34)32-27(2,3)23(15)25(35)31-21-8-11-33(26(21)36)14-16-6-9-29-10-7-16/h4-7,9-10,12-13,21,23,32H,8,11,14H2,1-3H3,(H,30,34)(H,31,35)/p+1. The molecule has 36 heavy (non-hydrogen) atoms. The molecule has 0 radical (unpaired) electrons. The first kappa shape index (κ1) is 23.9. The van der Waals surface area contributed by atoms with Crippen molar-refractivity contribution >= 4 is 29.0 Å². The van der Waals surface area contributed by atoms with Crippen LogP contribution in [0.1, 0.15) is 38.3 Å². The van der Waals surface area contributed by atoms with Crippen molar-refractivity contribution in [2.45, 2.75) is 45.3 Å². The molecule has 1 aromatic heterocycles. The van der Waals surface area contributed by atoms with Gasteiger partial charge in [-0.25, -0.2) is 9.18 Å². The molecule has 0 aliphatic carbocycles. The summed E-state index contributed by atoms with van der Waals surface area (Å²) < 4.78 is 13.8. The molecular weight excluding hydrogens is 461 g/mol. The lowest BCUT2D eigenvalue weighted by Gasteiger charge is -2.29. The number of aromatic nitrogens is 1. The van der Waals surface area contributed by atoms with Gasteiger partial charge in [0.05, 0.1) is 18.0 Å². The first-order valence-corrected chi connectivity index (χ1v) is 12.0. The number of rotatable bonds is 5. The highest BCUT2D eigenvalue weighted by Crippen LogP contribution is 2.38. The molecule has 9 heteroatoms. The smallest absolute Gasteiger partial charge is 0.335 e. The quantitative estimate of drug-likeness (QED) is 0.474. The Labute approximate surface area is 208 Å². The lowest BCUT2D eigenvalue weighted by molar-refractivity contribution is -0.826. The predicted octanol–water partition coefficient (Wildman–Crippen LogP) is 1.33. The average Bonchev–Trinajstić information content (AvgIpc) is 3.40. The van der Waals surface area contributed by atoms with Gasteiger partial charge in [0.15, 0.2) is 0 Å². The molecule has 2 aromatic rings. The third-order valence-corrected chi connectivity index (χ3v) is 7.23. The molecule has 4 N–H and O–H groups in total. The van der Waals surface area contributed by atoms with Gasteiger partial charge >= 0.3 is 5.91 Å². The van der Waals surface area contributed by atoms with Crippen LogP contribution in [0.25, 0.3) is 5.57 Å². The van der Waals surface area contributed by atoms with Crippen LogP contribution in [-0.4, -0.2) is 40.8 Å². The number of hydrogen-bond donors (Lipinski definition) is 4. The van der Waals surface area contributed by atoms with E-state index in [-0.39, 0.29) is 17.7 Å². The fourth-order valence-electron chi connectivity index (χ4n) is 5.47. The van der Waals surface area contributed by atoms with Crippen molar-refractivity contribution in [3.8, 4) is 0 Å². The zero-order valence-electron chi connectivity index (χ0n) is 20.4. The Balaban J connectivity index is 1.34. The minimum Gasteiger partial charge on any atom is -0.379 e. The van der Waals surface area contributed by atoms with Crippen molar-refractivity contribution in [3.05, 3.63) is 77.0 Å². The molecule has 0 spiro atoms. The van der Waals surface area contributed by atoms with Gasteiger partial charge in [0.1, 0.15) is 18.4 Å². The number of quaternary nitrogens is 1. The van der Waals surface area contributed by atoms with Gasteiger partial charge < -0.3 is 16.0 Å². The molecule has 3 aliphatic heterocycles. The van der Waals surface area contributed by atoms with E-state index >= 15 is 0 Å². The summed E-state index contributed by atoms with van der Waals surface area (Å²) >= 11 is 0. The normalized spacial score (nSPS) is 25.7. The van der Waals surface area contributed by atoms with Crippen molar-refractivity contribution in [3.63, 3.8) is 0 Å². The molecule has 5 rings (SSSR count). The van der Waals surface area contributed by atoms with Crippen molar-refractivity contribution < 1.29 is 23.7 Å². The number of likely N-dealkylation sites (tertiary alicyclic amines) is 1. The minimum absolute atomic E-state index is 0.0193. The van der Waals surface area contributed by atoms with Crippen LogP contribution in [0.15, 0.2) is 60.1 Å². The van der Waals surface area contributed by atoms with Crippen LogP contribution in [0.2, 0.25) is 0 Å². The summed E-state index contributed by atoms with van der Waals surface area (Å²) in [5.74, 6) is -1.55. The zero-order valence-corrected chi connectivity index (χ0v) is 20.4. The Morgan fingerprint density at radius 2 is 2.00 bits per heavy atom. The summed E-state index contributed by atoms with van der Waals surface area (Å²) in [4.78, 5) is 43.8. The maximum absolute atomic E-state index is 13.8. The van der Waals surface area contributed by atoms with Crippen molar-refractivity contribution in [1.29, 1.82) is 0 Å². The third-order valence-electron chi connectivity index (χ3n) is 7.23. The Morgan fingerprint density at radius 3 is 2.75 bits per heavy atom. The van der Waals surface area contributed by atoms with Crippen molar-refractivity contribution in [2.75, 3.05) is 11.9 Å². The number of nitrogens with one attached hydrogen (secondary N) is 4. The first-order chi connectivity index (χ1) is 17.1. The van der Waals surface area contributed by atoms with Gasteiger partial charge in [0.25, 0.3) is 5.91 Å². The Bertz CT molecular complexity index is 1320. The number of carbonyl (C=O) groups excluding carboxylic acids is 3. The molecule has 8 nitrogen and oxygen atoms in total. The summed E-state index contributed by atoms with van der Waals surface area (Å²) in [6.45, 7) is 6.87. The highest BCUT2D eigenvalue weighted by molar-refractivity contribution is 6.31. The molecule has 1 aromatic carbocycles. The van der Waals surface area contributed by atoms with Gasteiger partial charge in [0.2, 0.25) is 5.91 Å². The number of hydrogen-bond acceptors (Lipinski definition) is 5. The molecule has 1 fully saturated rings. The molecule has 0 bridgehead atoms. The third kappa shape index (κ3) is 4.30. The topological polar surface area (TPSA) is 105 Å². The molecule has 1 saturated heterocycles. The van der Waals surface area contributed by atoms with Crippen LogP contribution in [0.4, 0.5) is 10.1 Å². The van der Waals surface area contributed by atoms with Gasteiger partial charge in [-0.15, -0.1) is 0 Å². The van der Waals surface area contributed by atoms with E-state index in [2.05, 4.69) is 20.9 Å². The molecule has 3 atom stereocenters. The Morgan fingerprint density at radius 1 is 1.25 bits per heavy atom. The van der Waals surface area contributed by atoms with E-state index in [9.17, 15) is 18.8 Å². The molecule has 3 aliphatic rings. The van der Waals surface area contributed by atoms with Crippen LogP contribution in [0, 0.1) is 11.7 Å². The Kier molecular flexibility index (Phi) is 5.96. The molecular formula is C27H29FN5O3+.